The van der Waals surface area contributed by atoms with E-state index < -0.39 is 0 Å². The van der Waals surface area contributed by atoms with Gasteiger partial charge in [0.15, 0.2) is 0 Å². The summed E-state index contributed by atoms with van der Waals surface area (Å²) in [5.74, 6) is 0.223. The van der Waals surface area contributed by atoms with Gasteiger partial charge in [0.25, 0.3) is 0 Å². The van der Waals surface area contributed by atoms with Gasteiger partial charge in [0.2, 0.25) is 5.91 Å². The van der Waals surface area contributed by atoms with Gasteiger partial charge in [-0.15, -0.1) is 0 Å². The Morgan fingerprint density at radius 2 is 1.79 bits per heavy atom. The van der Waals surface area contributed by atoms with Crippen LogP contribution in [0.5, 0.6) is 5.75 Å². The molecule has 0 aliphatic rings. The van der Waals surface area contributed by atoms with Gasteiger partial charge >= 0.3 is 5.97 Å². The van der Waals surface area contributed by atoms with E-state index in [0.29, 0.717) is 17.9 Å². The number of carbonyl (C=O) groups excluding carboxylic acids is 2. The van der Waals surface area contributed by atoms with E-state index in [1.54, 1.807) is 24.3 Å². The number of hydrogen-bond acceptors (Lipinski definition) is 5. The highest BCUT2D eigenvalue weighted by atomic mass is 16.5. The predicted molar refractivity (Wildman–Crippen MR) is 111 cm³/mol. The van der Waals surface area contributed by atoms with Crippen molar-refractivity contribution in [3.63, 3.8) is 0 Å². The summed E-state index contributed by atoms with van der Waals surface area (Å²) in [6.07, 6.45) is 1.84. The topological polar surface area (TPSA) is 76.7 Å². The molecule has 0 aliphatic heterocycles. The van der Waals surface area contributed by atoms with Crippen LogP contribution < -0.4 is 15.4 Å². The number of hydrogen-bond donors (Lipinski definition) is 2. The fourth-order valence-electron chi connectivity index (χ4n) is 2.35. The van der Waals surface area contributed by atoms with Crippen LogP contribution in [0.15, 0.2) is 48.5 Å². The Labute approximate surface area is 166 Å². The highest BCUT2D eigenvalue weighted by molar-refractivity contribution is 5.95. The highest BCUT2D eigenvalue weighted by Crippen LogP contribution is 2.19. The summed E-state index contributed by atoms with van der Waals surface area (Å²) >= 11 is 0. The monoisotopic (exact) mass is 384 g/mol. The van der Waals surface area contributed by atoms with Gasteiger partial charge in [-0.1, -0.05) is 19.9 Å². The van der Waals surface area contributed by atoms with Gasteiger partial charge in [0.05, 0.1) is 24.8 Å². The lowest BCUT2D eigenvalue weighted by atomic mass is 10.2. The maximum atomic E-state index is 12.2. The molecule has 0 aromatic heterocycles. The fraction of sp³-hybridized carbons (Fsp3) is 0.364. The molecule has 1 unspecified atom stereocenters. The smallest absolute Gasteiger partial charge is 0.338 e. The number of rotatable bonds is 10. The molecule has 0 aliphatic carbocycles. The Kier molecular flexibility index (Phi) is 8.34. The van der Waals surface area contributed by atoms with Crippen LogP contribution in [0.2, 0.25) is 0 Å². The van der Waals surface area contributed by atoms with Crippen molar-refractivity contribution >= 4 is 23.3 Å². The van der Waals surface area contributed by atoms with Crippen molar-refractivity contribution in [1.82, 2.24) is 0 Å². The molecule has 0 saturated carbocycles. The number of esters is 1. The first-order valence-corrected chi connectivity index (χ1v) is 9.59. The summed E-state index contributed by atoms with van der Waals surface area (Å²) in [6.45, 7) is 6.54. The molecule has 28 heavy (non-hydrogen) atoms. The quantitative estimate of drug-likeness (QED) is 0.591. The molecule has 2 N–H and O–H groups in total. The van der Waals surface area contributed by atoms with Gasteiger partial charge in [-0.2, -0.15) is 0 Å². The highest BCUT2D eigenvalue weighted by Gasteiger charge is 2.08. The molecule has 2 rings (SSSR count). The first-order valence-electron chi connectivity index (χ1n) is 9.59. The Hall–Kier alpha value is -3.02. The molecular weight excluding hydrogens is 356 g/mol. The van der Waals surface area contributed by atoms with Crippen LogP contribution >= 0.6 is 0 Å². The first-order chi connectivity index (χ1) is 13.5. The predicted octanol–water partition coefficient (Wildman–Crippen LogP) is 4.48. The minimum Gasteiger partial charge on any atom is -0.491 e. The third-order valence-electron chi connectivity index (χ3n) is 4.04. The average molecular weight is 384 g/mol. The van der Waals surface area contributed by atoms with Gasteiger partial charge in [0, 0.05) is 17.4 Å². The van der Waals surface area contributed by atoms with Crippen LogP contribution in [0.4, 0.5) is 11.4 Å². The normalized spacial score (nSPS) is 11.4. The van der Waals surface area contributed by atoms with Crippen molar-refractivity contribution in [2.45, 2.75) is 39.7 Å². The molecule has 2 aromatic carbocycles. The Morgan fingerprint density at radius 3 is 2.46 bits per heavy atom. The summed E-state index contributed by atoms with van der Waals surface area (Å²) in [5.41, 5.74) is 1.89. The third-order valence-corrected chi connectivity index (χ3v) is 4.04. The lowest BCUT2D eigenvalue weighted by Gasteiger charge is -2.14. The average Bonchev–Trinajstić information content (AvgIpc) is 2.71. The number of ether oxygens (including phenoxy) is 2. The number of benzene rings is 2. The largest absolute Gasteiger partial charge is 0.491 e. The van der Waals surface area contributed by atoms with E-state index in [0.717, 1.165) is 24.3 Å². The van der Waals surface area contributed by atoms with E-state index in [1.165, 1.54) is 0 Å². The van der Waals surface area contributed by atoms with Gasteiger partial charge < -0.3 is 20.1 Å². The molecule has 150 valence electrons. The summed E-state index contributed by atoms with van der Waals surface area (Å²) in [5, 5.41) is 5.88. The SMILES string of the molecule is CCCOC(=O)c1ccc(NC(=O)CNc2cccc(OC(C)CC)c2)cc1. The van der Waals surface area contributed by atoms with Crippen molar-refractivity contribution < 1.29 is 19.1 Å². The maximum absolute atomic E-state index is 12.2. The van der Waals surface area contributed by atoms with Crippen LogP contribution in [0.1, 0.15) is 44.0 Å². The summed E-state index contributed by atoms with van der Waals surface area (Å²) in [7, 11) is 0. The van der Waals surface area contributed by atoms with Gasteiger partial charge in [-0.25, -0.2) is 4.79 Å². The summed E-state index contributed by atoms with van der Waals surface area (Å²) < 4.78 is 10.9. The van der Waals surface area contributed by atoms with E-state index in [1.807, 2.05) is 38.1 Å². The number of amides is 1. The Bertz CT molecular complexity index is 774. The van der Waals surface area contributed by atoms with Crippen LogP contribution in [0.3, 0.4) is 0 Å². The molecule has 0 spiro atoms. The molecule has 2 aromatic rings. The van der Waals surface area contributed by atoms with Gasteiger partial charge in [-0.3, -0.25) is 4.79 Å². The van der Waals surface area contributed by atoms with Crippen molar-refractivity contribution in [2.24, 2.45) is 0 Å². The van der Waals surface area contributed by atoms with Crippen molar-refractivity contribution in [2.75, 3.05) is 23.8 Å². The first kappa shape index (κ1) is 21.3. The number of anilines is 2. The van der Waals surface area contributed by atoms with Crippen LogP contribution in [-0.2, 0) is 9.53 Å². The van der Waals surface area contributed by atoms with Crippen LogP contribution in [0.25, 0.3) is 0 Å². The van der Waals surface area contributed by atoms with E-state index in [9.17, 15) is 9.59 Å². The Balaban J connectivity index is 1.84. The van der Waals surface area contributed by atoms with E-state index in [-0.39, 0.29) is 24.5 Å². The number of nitrogens with one attached hydrogen (secondary N) is 2. The van der Waals surface area contributed by atoms with Crippen molar-refractivity contribution in [3.05, 3.63) is 54.1 Å². The van der Waals surface area contributed by atoms with Crippen LogP contribution in [-0.4, -0.2) is 31.1 Å². The van der Waals surface area contributed by atoms with E-state index in [2.05, 4.69) is 17.6 Å². The zero-order valence-corrected chi connectivity index (χ0v) is 16.7. The molecule has 0 bridgehead atoms. The maximum Gasteiger partial charge on any atom is 0.338 e. The second-order valence-electron chi connectivity index (χ2n) is 6.48. The standard InChI is InChI=1S/C22H28N2O4/c1-4-13-27-22(26)17-9-11-18(12-10-17)24-21(25)15-23-19-7-6-8-20(14-19)28-16(3)5-2/h6-12,14,16,23H,4-5,13,15H2,1-3H3,(H,24,25). The van der Waals surface area contributed by atoms with Gasteiger partial charge in [-0.05, 0) is 56.2 Å². The number of carbonyl (C=O) groups is 2. The second kappa shape index (κ2) is 11.0. The van der Waals surface area contributed by atoms with Gasteiger partial charge in [0.1, 0.15) is 5.75 Å². The molecule has 0 heterocycles. The minimum atomic E-state index is -0.360. The van der Waals surface area contributed by atoms with E-state index >= 15 is 0 Å². The lowest BCUT2D eigenvalue weighted by molar-refractivity contribution is -0.114. The zero-order valence-electron chi connectivity index (χ0n) is 16.7. The van der Waals surface area contributed by atoms with Crippen LogP contribution in [0, 0.1) is 0 Å². The van der Waals surface area contributed by atoms with E-state index in [4.69, 9.17) is 9.47 Å². The molecule has 1 atom stereocenters. The Morgan fingerprint density at radius 1 is 1.04 bits per heavy atom. The zero-order chi connectivity index (χ0) is 20.4. The molecule has 0 radical (unpaired) electrons. The van der Waals surface area contributed by atoms with Crippen molar-refractivity contribution in [3.8, 4) is 5.75 Å². The fourth-order valence-corrected chi connectivity index (χ4v) is 2.35. The van der Waals surface area contributed by atoms with Crippen molar-refractivity contribution in [1.29, 1.82) is 0 Å². The molecular formula is C22H28N2O4. The second-order valence-corrected chi connectivity index (χ2v) is 6.48. The molecule has 6 nitrogen and oxygen atoms in total. The minimum absolute atomic E-state index is 0.118. The molecule has 1 amide bonds. The molecule has 6 heteroatoms. The molecule has 0 fully saturated rings. The third kappa shape index (κ3) is 6.95. The lowest BCUT2D eigenvalue weighted by Crippen LogP contribution is -2.21. The summed E-state index contributed by atoms with van der Waals surface area (Å²) in [4.78, 5) is 23.9. The summed E-state index contributed by atoms with van der Waals surface area (Å²) in [6, 6.07) is 14.2. The molecule has 0 saturated heterocycles.